The highest BCUT2D eigenvalue weighted by Gasteiger charge is 2.35. The van der Waals surface area contributed by atoms with E-state index in [1.165, 1.54) is 18.6 Å². The van der Waals surface area contributed by atoms with Gasteiger partial charge in [-0.1, -0.05) is 18.0 Å². The minimum atomic E-state index is -0.580. The second kappa shape index (κ2) is 6.75. The number of nitrogens with zero attached hydrogens (tertiary/aromatic N) is 4. The number of carbonyl (C=O) groups is 1. The summed E-state index contributed by atoms with van der Waals surface area (Å²) in [5.41, 5.74) is 0.0619. The number of fused-ring (bicyclic) bond motifs is 1. The second-order valence-corrected chi connectivity index (χ2v) is 7.15. The molecule has 1 aromatic heterocycles. The molecule has 2 aliphatic heterocycles. The summed E-state index contributed by atoms with van der Waals surface area (Å²) in [6.45, 7) is 1.50. The number of hydrogen-bond donors (Lipinski definition) is 0. The number of amides is 1. The Hall–Kier alpha value is -1.95. The van der Waals surface area contributed by atoms with Crippen molar-refractivity contribution in [3.63, 3.8) is 0 Å². The van der Waals surface area contributed by atoms with Crippen LogP contribution >= 0.6 is 11.6 Å². The number of likely N-dealkylation sites (tertiary alicyclic amines) is 1. The Balaban J connectivity index is 1.65. The number of hydrogen-bond acceptors (Lipinski definition) is 3. The molecule has 5 nitrogen and oxygen atoms in total. The molecule has 0 N–H and O–H groups in total. The minimum absolute atomic E-state index is 0.0619. The molecule has 0 unspecified atom stereocenters. The Kier molecular flexibility index (Phi) is 4.46. The molecule has 1 amide bonds. The third-order valence-corrected chi connectivity index (χ3v) is 5.35. The SMILES string of the molecule is O=C(c1ccc(Cl)cc1F)N1CCC[C@H]1c1nnc2n1CCCCC2. The van der Waals surface area contributed by atoms with Crippen LogP contribution in [0.5, 0.6) is 0 Å². The van der Waals surface area contributed by atoms with Gasteiger partial charge in [0.15, 0.2) is 5.82 Å². The number of benzene rings is 1. The van der Waals surface area contributed by atoms with Crippen LogP contribution in [0.3, 0.4) is 0 Å². The maximum absolute atomic E-state index is 14.2. The maximum atomic E-state index is 14.2. The monoisotopic (exact) mass is 362 g/mol. The molecule has 25 heavy (non-hydrogen) atoms. The van der Waals surface area contributed by atoms with Gasteiger partial charge in [-0.15, -0.1) is 10.2 Å². The molecule has 2 aromatic rings. The number of carbonyl (C=O) groups excluding carboxylic acids is 1. The first-order chi connectivity index (χ1) is 12.1. The van der Waals surface area contributed by atoms with Crippen LogP contribution in [0.1, 0.15) is 60.2 Å². The number of halogens is 2. The van der Waals surface area contributed by atoms with Gasteiger partial charge in [-0.3, -0.25) is 4.79 Å². The molecule has 132 valence electrons. The highest BCUT2D eigenvalue weighted by Crippen LogP contribution is 2.34. The van der Waals surface area contributed by atoms with Crippen molar-refractivity contribution in [1.82, 2.24) is 19.7 Å². The molecule has 0 spiro atoms. The molecular weight excluding hydrogens is 343 g/mol. The van der Waals surface area contributed by atoms with Crippen LogP contribution in [0.2, 0.25) is 5.02 Å². The van der Waals surface area contributed by atoms with Gasteiger partial charge in [0, 0.05) is 24.5 Å². The van der Waals surface area contributed by atoms with Crippen molar-refractivity contribution in [2.45, 2.75) is 51.1 Å². The fourth-order valence-corrected chi connectivity index (χ4v) is 4.01. The Morgan fingerprint density at radius 2 is 2.04 bits per heavy atom. The van der Waals surface area contributed by atoms with Crippen LogP contribution in [0.4, 0.5) is 4.39 Å². The second-order valence-electron chi connectivity index (χ2n) is 6.72. The van der Waals surface area contributed by atoms with E-state index < -0.39 is 5.82 Å². The molecule has 1 saturated heterocycles. The average molecular weight is 363 g/mol. The van der Waals surface area contributed by atoms with Crippen molar-refractivity contribution in [3.8, 4) is 0 Å². The van der Waals surface area contributed by atoms with Crippen molar-refractivity contribution in [2.75, 3.05) is 6.54 Å². The van der Waals surface area contributed by atoms with E-state index in [2.05, 4.69) is 14.8 Å². The first-order valence-corrected chi connectivity index (χ1v) is 9.21. The Morgan fingerprint density at radius 1 is 1.16 bits per heavy atom. The lowest BCUT2D eigenvalue weighted by Crippen LogP contribution is -2.32. The molecule has 0 bridgehead atoms. The molecule has 2 aliphatic rings. The normalized spacial score (nSPS) is 20.4. The summed E-state index contributed by atoms with van der Waals surface area (Å²) in [6.07, 6.45) is 6.06. The summed E-state index contributed by atoms with van der Waals surface area (Å²) in [5.74, 6) is 0.965. The van der Waals surface area contributed by atoms with Gasteiger partial charge in [-0.25, -0.2) is 4.39 Å². The van der Waals surface area contributed by atoms with Crippen LogP contribution in [-0.4, -0.2) is 32.1 Å². The Morgan fingerprint density at radius 3 is 2.88 bits per heavy atom. The summed E-state index contributed by atoms with van der Waals surface area (Å²) in [6, 6.07) is 4.05. The molecule has 0 aliphatic carbocycles. The van der Waals surface area contributed by atoms with E-state index in [0.717, 1.165) is 50.3 Å². The molecule has 1 aromatic carbocycles. The molecular formula is C18H20ClFN4O. The lowest BCUT2D eigenvalue weighted by atomic mass is 10.1. The lowest BCUT2D eigenvalue weighted by Gasteiger charge is -2.25. The largest absolute Gasteiger partial charge is 0.328 e. The van der Waals surface area contributed by atoms with E-state index in [1.807, 2.05) is 0 Å². The van der Waals surface area contributed by atoms with E-state index in [-0.39, 0.29) is 22.5 Å². The van der Waals surface area contributed by atoms with Crippen molar-refractivity contribution in [2.24, 2.45) is 0 Å². The third kappa shape index (κ3) is 3.03. The van der Waals surface area contributed by atoms with Crippen molar-refractivity contribution in [3.05, 3.63) is 46.3 Å². The highest BCUT2D eigenvalue weighted by molar-refractivity contribution is 6.30. The van der Waals surface area contributed by atoms with Crippen molar-refractivity contribution in [1.29, 1.82) is 0 Å². The molecule has 0 saturated carbocycles. The summed E-state index contributed by atoms with van der Waals surface area (Å²) in [5, 5.41) is 9.02. The predicted molar refractivity (Wildman–Crippen MR) is 92.0 cm³/mol. The van der Waals surface area contributed by atoms with Crippen LogP contribution in [-0.2, 0) is 13.0 Å². The van der Waals surface area contributed by atoms with Gasteiger partial charge in [0.25, 0.3) is 5.91 Å². The van der Waals surface area contributed by atoms with Gasteiger partial charge in [0.05, 0.1) is 11.6 Å². The third-order valence-electron chi connectivity index (χ3n) is 5.11. The van der Waals surface area contributed by atoms with E-state index in [1.54, 1.807) is 11.0 Å². The standard InChI is InChI=1S/C18H20ClFN4O/c19-12-7-8-13(14(20)11-12)18(25)23-10-4-5-15(23)17-22-21-16-6-2-1-3-9-24(16)17/h7-8,11,15H,1-6,9-10H2/t15-/m0/s1. The smallest absolute Gasteiger partial charge is 0.257 e. The van der Waals surface area contributed by atoms with E-state index in [9.17, 15) is 9.18 Å². The average Bonchev–Trinajstić information content (AvgIpc) is 3.15. The van der Waals surface area contributed by atoms with Crippen LogP contribution in [0.25, 0.3) is 0 Å². The fraction of sp³-hybridized carbons (Fsp3) is 0.500. The summed E-state index contributed by atoms with van der Waals surface area (Å²) < 4.78 is 16.4. The zero-order valence-corrected chi connectivity index (χ0v) is 14.7. The van der Waals surface area contributed by atoms with Crippen LogP contribution < -0.4 is 0 Å². The number of aromatic nitrogens is 3. The molecule has 0 radical (unpaired) electrons. The van der Waals surface area contributed by atoms with Crippen molar-refractivity contribution < 1.29 is 9.18 Å². The highest BCUT2D eigenvalue weighted by atomic mass is 35.5. The van der Waals surface area contributed by atoms with E-state index in [4.69, 9.17) is 11.6 Å². The Bertz CT molecular complexity index is 806. The summed E-state index contributed by atoms with van der Waals surface area (Å²) in [7, 11) is 0. The van der Waals surface area contributed by atoms with Gasteiger partial charge in [-0.05, 0) is 43.9 Å². The van der Waals surface area contributed by atoms with Gasteiger partial charge in [-0.2, -0.15) is 0 Å². The summed E-state index contributed by atoms with van der Waals surface area (Å²) in [4.78, 5) is 14.6. The van der Waals surface area contributed by atoms with E-state index in [0.29, 0.717) is 6.54 Å². The topological polar surface area (TPSA) is 51.0 Å². The quantitative estimate of drug-likeness (QED) is 0.817. The van der Waals surface area contributed by atoms with E-state index >= 15 is 0 Å². The lowest BCUT2D eigenvalue weighted by molar-refractivity contribution is 0.0722. The maximum Gasteiger partial charge on any atom is 0.257 e. The molecule has 3 heterocycles. The zero-order chi connectivity index (χ0) is 17.4. The number of rotatable bonds is 2. The van der Waals surface area contributed by atoms with Gasteiger partial charge in [0.1, 0.15) is 11.6 Å². The molecule has 1 fully saturated rings. The fourth-order valence-electron chi connectivity index (χ4n) is 3.85. The first kappa shape index (κ1) is 16.5. The molecule has 7 heteroatoms. The van der Waals surface area contributed by atoms with Gasteiger partial charge < -0.3 is 9.47 Å². The minimum Gasteiger partial charge on any atom is -0.328 e. The predicted octanol–water partition coefficient (Wildman–Crippen LogP) is 3.77. The molecule has 1 atom stereocenters. The summed E-state index contributed by atoms with van der Waals surface area (Å²) >= 11 is 5.80. The van der Waals surface area contributed by atoms with Crippen LogP contribution in [0, 0.1) is 5.82 Å². The van der Waals surface area contributed by atoms with Crippen LogP contribution in [0.15, 0.2) is 18.2 Å². The number of aryl methyl sites for hydroxylation is 1. The van der Waals surface area contributed by atoms with Crippen molar-refractivity contribution >= 4 is 17.5 Å². The molecule has 4 rings (SSSR count). The van der Waals surface area contributed by atoms with Gasteiger partial charge in [0.2, 0.25) is 0 Å². The Labute approximate surface area is 150 Å². The van der Waals surface area contributed by atoms with Gasteiger partial charge >= 0.3 is 0 Å². The first-order valence-electron chi connectivity index (χ1n) is 8.83. The zero-order valence-electron chi connectivity index (χ0n) is 13.9.